The summed E-state index contributed by atoms with van der Waals surface area (Å²) in [4.78, 5) is 13.2. The van der Waals surface area contributed by atoms with Crippen molar-refractivity contribution in [3.63, 3.8) is 0 Å². The molecule has 0 unspecified atom stereocenters. The van der Waals surface area contributed by atoms with Crippen molar-refractivity contribution >= 4 is 17.3 Å². The number of thiophene rings is 1. The molecule has 0 aliphatic rings. The van der Waals surface area contributed by atoms with E-state index in [4.69, 9.17) is 11.2 Å². The molecule has 0 bridgehead atoms. The van der Waals surface area contributed by atoms with Gasteiger partial charge in [0.15, 0.2) is 0 Å². The van der Waals surface area contributed by atoms with Gasteiger partial charge in [0.1, 0.15) is 4.88 Å². The van der Waals surface area contributed by atoms with Crippen molar-refractivity contribution in [1.82, 2.24) is 0 Å². The summed E-state index contributed by atoms with van der Waals surface area (Å²) in [6.45, 7) is 2.19. The fraction of sp³-hybridized carbons (Fsp3) is 0.133. The molecule has 0 spiro atoms. The lowest BCUT2D eigenvalue weighted by atomic mass is 10.1. The number of carbonyl (C=O) groups is 1. The highest BCUT2D eigenvalue weighted by Gasteiger charge is 2.10. The van der Waals surface area contributed by atoms with Crippen LogP contribution in [0.2, 0.25) is 0 Å². The van der Waals surface area contributed by atoms with Gasteiger partial charge in [-0.05, 0) is 36.8 Å². The lowest BCUT2D eigenvalue weighted by Crippen LogP contribution is -2.01. The highest BCUT2D eigenvalue weighted by Crippen LogP contribution is 2.28. The van der Waals surface area contributed by atoms with E-state index in [1.807, 2.05) is 30.3 Å². The van der Waals surface area contributed by atoms with Gasteiger partial charge in [0.2, 0.25) is 0 Å². The second kappa shape index (κ2) is 5.52. The molecule has 1 heterocycles. The van der Waals surface area contributed by atoms with Crippen LogP contribution in [-0.4, -0.2) is 12.6 Å². The van der Waals surface area contributed by atoms with E-state index in [0.717, 1.165) is 16.0 Å². The Balaban J connectivity index is 2.24. The number of hydrogen-bond donors (Lipinski definition) is 0. The van der Waals surface area contributed by atoms with Gasteiger partial charge in [-0.2, -0.15) is 0 Å². The summed E-state index contributed by atoms with van der Waals surface area (Å²) in [6, 6.07) is 11.4. The Labute approximate surface area is 110 Å². The van der Waals surface area contributed by atoms with Gasteiger partial charge in [-0.1, -0.05) is 18.1 Å². The summed E-state index contributed by atoms with van der Waals surface area (Å²) < 4.78 is 4.96. The van der Waals surface area contributed by atoms with E-state index < -0.39 is 0 Å². The SMILES string of the molecule is C#Cc1ccc(-c2ccc(C(=O)OCC)s2)cc1. The predicted molar refractivity (Wildman–Crippen MR) is 73.6 cm³/mol. The van der Waals surface area contributed by atoms with Gasteiger partial charge < -0.3 is 4.74 Å². The van der Waals surface area contributed by atoms with Crippen LogP contribution in [0.4, 0.5) is 0 Å². The lowest BCUT2D eigenvalue weighted by molar-refractivity contribution is 0.0532. The zero-order chi connectivity index (χ0) is 13.0. The average Bonchev–Trinajstić information content (AvgIpc) is 2.89. The minimum Gasteiger partial charge on any atom is -0.462 e. The maximum absolute atomic E-state index is 11.6. The zero-order valence-corrected chi connectivity index (χ0v) is 10.8. The van der Waals surface area contributed by atoms with E-state index in [1.54, 1.807) is 13.0 Å². The van der Waals surface area contributed by atoms with Gasteiger partial charge in [0.05, 0.1) is 6.61 Å². The summed E-state index contributed by atoms with van der Waals surface area (Å²) in [5, 5.41) is 0. The Morgan fingerprint density at radius 1 is 1.28 bits per heavy atom. The van der Waals surface area contributed by atoms with Crippen molar-refractivity contribution in [2.24, 2.45) is 0 Å². The summed E-state index contributed by atoms with van der Waals surface area (Å²) in [6.07, 6.45) is 5.31. The van der Waals surface area contributed by atoms with Gasteiger partial charge in [-0.3, -0.25) is 0 Å². The molecule has 3 heteroatoms. The largest absolute Gasteiger partial charge is 0.462 e. The molecule has 0 aliphatic heterocycles. The minimum absolute atomic E-state index is 0.269. The van der Waals surface area contributed by atoms with Crippen LogP contribution in [0.25, 0.3) is 10.4 Å². The van der Waals surface area contributed by atoms with Crippen LogP contribution < -0.4 is 0 Å². The lowest BCUT2D eigenvalue weighted by Gasteiger charge is -1.98. The monoisotopic (exact) mass is 256 g/mol. The molecule has 0 atom stereocenters. The zero-order valence-electron chi connectivity index (χ0n) is 9.97. The quantitative estimate of drug-likeness (QED) is 0.620. The van der Waals surface area contributed by atoms with Gasteiger partial charge in [0, 0.05) is 10.4 Å². The van der Waals surface area contributed by atoms with Crippen molar-refractivity contribution < 1.29 is 9.53 Å². The Hall–Kier alpha value is -2.05. The van der Waals surface area contributed by atoms with Crippen LogP contribution in [0.15, 0.2) is 36.4 Å². The van der Waals surface area contributed by atoms with Crippen molar-refractivity contribution in [2.75, 3.05) is 6.61 Å². The maximum atomic E-state index is 11.6. The first-order valence-corrected chi connectivity index (χ1v) is 6.40. The van der Waals surface area contributed by atoms with E-state index in [2.05, 4.69) is 5.92 Å². The summed E-state index contributed by atoms with van der Waals surface area (Å²) >= 11 is 1.42. The average molecular weight is 256 g/mol. The van der Waals surface area contributed by atoms with Gasteiger partial charge in [-0.15, -0.1) is 17.8 Å². The van der Waals surface area contributed by atoms with Crippen LogP contribution in [0.3, 0.4) is 0 Å². The number of terminal acetylenes is 1. The number of ether oxygens (including phenoxy) is 1. The highest BCUT2D eigenvalue weighted by atomic mass is 32.1. The molecule has 2 aromatic rings. The fourth-order valence-corrected chi connectivity index (χ4v) is 2.44. The van der Waals surface area contributed by atoms with E-state index in [1.165, 1.54) is 11.3 Å². The van der Waals surface area contributed by atoms with E-state index in [0.29, 0.717) is 11.5 Å². The van der Waals surface area contributed by atoms with Gasteiger partial charge in [-0.25, -0.2) is 4.79 Å². The third-order valence-electron chi connectivity index (χ3n) is 2.42. The molecular weight excluding hydrogens is 244 g/mol. The molecule has 0 fully saturated rings. The summed E-state index contributed by atoms with van der Waals surface area (Å²) in [5.74, 6) is 2.31. The molecule has 0 amide bonds. The number of carbonyl (C=O) groups excluding carboxylic acids is 1. The molecular formula is C15H12O2S. The van der Waals surface area contributed by atoms with Crippen molar-refractivity contribution in [2.45, 2.75) is 6.92 Å². The Bertz CT molecular complexity index is 588. The molecule has 0 saturated carbocycles. The maximum Gasteiger partial charge on any atom is 0.348 e. The van der Waals surface area contributed by atoms with Crippen molar-refractivity contribution in [3.05, 3.63) is 46.8 Å². The first kappa shape index (κ1) is 12.4. The van der Waals surface area contributed by atoms with Crippen molar-refractivity contribution in [3.8, 4) is 22.8 Å². The molecule has 1 aromatic carbocycles. The third-order valence-corrected chi connectivity index (χ3v) is 3.53. The second-order valence-electron chi connectivity index (χ2n) is 3.61. The normalized spacial score (nSPS) is 9.78. The molecule has 18 heavy (non-hydrogen) atoms. The third kappa shape index (κ3) is 2.61. The van der Waals surface area contributed by atoms with Crippen LogP contribution >= 0.6 is 11.3 Å². The molecule has 2 rings (SSSR count). The van der Waals surface area contributed by atoms with Crippen LogP contribution in [-0.2, 0) is 4.74 Å². The molecule has 1 aromatic heterocycles. The fourth-order valence-electron chi connectivity index (χ4n) is 1.54. The molecule has 2 nitrogen and oxygen atoms in total. The van der Waals surface area contributed by atoms with Crippen LogP contribution in [0.5, 0.6) is 0 Å². The molecule has 0 N–H and O–H groups in total. The molecule has 0 radical (unpaired) electrons. The second-order valence-corrected chi connectivity index (χ2v) is 4.69. The smallest absolute Gasteiger partial charge is 0.348 e. The minimum atomic E-state index is -0.269. The predicted octanol–water partition coefficient (Wildman–Crippen LogP) is 3.57. The summed E-state index contributed by atoms with van der Waals surface area (Å²) in [7, 11) is 0. The number of hydrogen-bond acceptors (Lipinski definition) is 3. The molecule has 0 aliphatic carbocycles. The van der Waals surface area contributed by atoms with Crippen LogP contribution in [0, 0.1) is 12.3 Å². The topological polar surface area (TPSA) is 26.3 Å². The highest BCUT2D eigenvalue weighted by molar-refractivity contribution is 7.17. The van der Waals surface area contributed by atoms with E-state index in [9.17, 15) is 4.79 Å². The number of esters is 1. The van der Waals surface area contributed by atoms with Gasteiger partial charge in [0.25, 0.3) is 0 Å². The Morgan fingerprint density at radius 3 is 2.61 bits per heavy atom. The number of benzene rings is 1. The van der Waals surface area contributed by atoms with E-state index >= 15 is 0 Å². The molecule has 90 valence electrons. The first-order valence-electron chi connectivity index (χ1n) is 5.58. The van der Waals surface area contributed by atoms with Crippen LogP contribution in [0.1, 0.15) is 22.2 Å². The van der Waals surface area contributed by atoms with Gasteiger partial charge >= 0.3 is 5.97 Å². The molecule has 0 saturated heterocycles. The standard InChI is InChI=1S/C15H12O2S/c1-3-11-5-7-12(8-6-11)13-9-10-14(18-13)15(16)17-4-2/h1,5-10H,4H2,2H3. The summed E-state index contributed by atoms with van der Waals surface area (Å²) in [5.41, 5.74) is 1.90. The van der Waals surface area contributed by atoms with Crippen molar-refractivity contribution in [1.29, 1.82) is 0 Å². The number of rotatable bonds is 3. The Kier molecular flexibility index (Phi) is 3.81. The van der Waals surface area contributed by atoms with E-state index in [-0.39, 0.29) is 5.97 Å². The Morgan fingerprint density at radius 2 is 2.00 bits per heavy atom. The first-order chi connectivity index (χ1) is 8.74.